The molecule has 0 aliphatic heterocycles. The van der Waals surface area contributed by atoms with E-state index in [0.717, 1.165) is 36.6 Å². The van der Waals surface area contributed by atoms with Gasteiger partial charge in [0.25, 0.3) is 0 Å². The molecule has 2 rings (SSSR count). The van der Waals surface area contributed by atoms with Crippen LogP contribution < -0.4 is 10.6 Å². The monoisotopic (exact) mass is 241 g/mol. The predicted molar refractivity (Wildman–Crippen MR) is 77.0 cm³/mol. The molecule has 0 spiro atoms. The Morgan fingerprint density at radius 1 is 1.11 bits per heavy atom. The number of unbranched alkanes of at least 4 members (excludes halogenated alkanes) is 1. The summed E-state index contributed by atoms with van der Waals surface area (Å²) in [6, 6.07) is 14.0. The molecule has 2 N–H and O–H groups in total. The van der Waals surface area contributed by atoms with Crippen LogP contribution in [0.4, 0.5) is 17.2 Å². The molecule has 2 aromatic rings. The number of nitrogens with two attached hydrogens (primary N) is 1. The van der Waals surface area contributed by atoms with E-state index >= 15 is 0 Å². The first-order chi connectivity index (χ1) is 8.83. The van der Waals surface area contributed by atoms with Crippen molar-refractivity contribution < 1.29 is 0 Å². The Bertz CT molecular complexity index is 482. The number of pyridine rings is 1. The lowest BCUT2D eigenvalue weighted by molar-refractivity contribution is 0.780. The van der Waals surface area contributed by atoms with E-state index in [1.54, 1.807) is 6.20 Å². The molecule has 3 heteroatoms. The molecule has 0 aliphatic rings. The summed E-state index contributed by atoms with van der Waals surface area (Å²) < 4.78 is 0. The average molecular weight is 241 g/mol. The maximum atomic E-state index is 6.03. The summed E-state index contributed by atoms with van der Waals surface area (Å²) in [6.07, 6.45) is 4.05. The van der Waals surface area contributed by atoms with Gasteiger partial charge in [-0.3, -0.25) is 0 Å². The van der Waals surface area contributed by atoms with E-state index in [4.69, 9.17) is 5.73 Å². The van der Waals surface area contributed by atoms with Crippen molar-refractivity contribution in [3.8, 4) is 0 Å². The van der Waals surface area contributed by atoms with Gasteiger partial charge >= 0.3 is 0 Å². The van der Waals surface area contributed by atoms with Gasteiger partial charge in [-0.2, -0.15) is 0 Å². The van der Waals surface area contributed by atoms with Crippen LogP contribution in [0, 0.1) is 0 Å². The van der Waals surface area contributed by atoms with Crippen molar-refractivity contribution in [2.75, 3.05) is 17.2 Å². The number of hydrogen-bond acceptors (Lipinski definition) is 3. The molecule has 1 aromatic heterocycles. The highest BCUT2D eigenvalue weighted by Gasteiger charge is 2.12. The number of nitrogens with zero attached hydrogens (tertiary/aromatic N) is 2. The fourth-order valence-corrected chi connectivity index (χ4v) is 1.92. The second-order valence-electron chi connectivity index (χ2n) is 4.26. The van der Waals surface area contributed by atoms with E-state index in [1.807, 2.05) is 30.3 Å². The smallest absolute Gasteiger partial charge is 0.156 e. The van der Waals surface area contributed by atoms with E-state index in [9.17, 15) is 0 Å². The molecular formula is C15H19N3. The topological polar surface area (TPSA) is 42.2 Å². The maximum Gasteiger partial charge on any atom is 0.156 e. The number of benzene rings is 1. The molecule has 0 atom stereocenters. The molecule has 18 heavy (non-hydrogen) atoms. The zero-order valence-electron chi connectivity index (χ0n) is 10.7. The van der Waals surface area contributed by atoms with Crippen LogP contribution in [-0.4, -0.2) is 11.5 Å². The summed E-state index contributed by atoms with van der Waals surface area (Å²) in [5, 5.41) is 0. The first-order valence-electron chi connectivity index (χ1n) is 6.36. The zero-order valence-corrected chi connectivity index (χ0v) is 10.7. The maximum absolute atomic E-state index is 6.03. The molecule has 0 saturated carbocycles. The van der Waals surface area contributed by atoms with Crippen LogP contribution in [0.3, 0.4) is 0 Å². The number of nitrogen functional groups attached to an aromatic ring is 1. The lowest BCUT2D eigenvalue weighted by Gasteiger charge is -2.24. The van der Waals surface area contributed by atoms with Gasteiger partial charge in [-0.05, 0) is 30.7 Å². The lowest BCUT2D eigenvalue weighted by atomic mass is 10.2. The average Bonchev–Trinajstić information content (AvgIpc) is 2.42. The summed E-state index contributed by atoms with van der Waals surface area (Å²) in [6.45, 7) is 3.12. The van der Waals surface area contributed by atoms with Crippen molar-refractivity contribution in [2.45, 2.75) is 19.8 Å². The molecule has 3 nitrogen and oxygen atoms in total. The van der Waals surface area contributed by atoms with Crippen LogP contribution in [0.1, 0.15) is 19.8 Å². The van der Waals surface area contributed by atoms with E-state index in [0.29, 0.717) is 0 Å². The standard InChI is InChI=1S/C15H19N3/c1-2-3-12-18(13-8-5-4-6-9-13)15-14(16)10-7-11-17-15/h4-11H,2-3,12,16H2,1H3. The van der Waals surface area contributed by atoms with E-state index in [2.05, 4.69) is 28.9 Å². The Hall–Kier alpha value is -2.03. The van der Waals surface area contributed by atoms with Gasteiger partial charge in [-0.25, -0.2) is 4.98 Å². The summed E-state index contributed by atoms with van der Waals surface area (Å²) in [4.78, 5) is 6.59. The van der Waals surface area contributed by atoms with Crippen LogP contribution in [0.5, 0.6) is 0 Å². The third kappa shape index (κ3) is 2.80. The van der Waals surface area contributed by atoms with Gasteiger partial charge in [0.15, 0.2) is 5.82 Å². The van der Waals surface area contributed by atoms with Gasteiger partial charge in [0, 0.05) is 18.4 Å². The molecule has 1 heterocycles. The molecule has 0 bridgehead atoms. The Morgan fingerprint density at radius 3 is 2.56 bits per heavy atom. The van der Waals surface area contributed by atoms with Gasteiger partial charge < -0.3 is 10.6 Å². The predicted octanol–water partition coefficient (Wildman–Crippen LogP) is 3.60. The number of aromatic nitrogens is 1. The lowest BCUT2D eigenvalue weighted by Crippen LogP contribution is -2.20. The van der Waals surface area contributed by atoms with Crippen LogP contribution in [0.25, 0.3) is 0 Å². The van der Waals surface area contributed by atoms with Crippen LogP contribution in [0.15, 0.2) is 48.7 Å². The van der Waals surface area contributed by atoms with Crippen molar-refractivity contribution in [2.24, 2.45) is 0 Å². The molecule has 94 valence electrons. The van der Waals surface area contributed by atoms with Gasteiger partial charge in [0.1, 0.15) is 0 Å². The molecule has 0 fully saturated rings. The van der Waals surface area contributed by atoms with Gasteiger partial charge in [0.2, 0.25) is 0 Å². The molecule has 0 radical (unpaired) electrons. The first kappa shape index (κ1) is 12.4. The van der Waals surface area contributed by atoms with E-state index in [1.165, 1.54) is 0 Å². The van der Waals surface area contributed by atoms with Crippen molar-refractivity contribution in [1.82, 2.24) is 4.98 Å². The second kappa shape index (κ2) is 6.05. The third-order valence-electron chi connectivity index (χ3n) is 2.88. The molecule has 1 aromatic carbocycles. The van der Waals surface area contributed by atoms with Gasteiger partial charge in [-0.1, -0.05) is 31.5 Å². The molecular weight excluding hydrogens is 222 g/mol. The Kier molecular flexibility index (Phi) is 4.18. The summed E-state index contributed by atoms with van der Waals surface area (Å²) in [5.41, 5.74) is 7.88. The SMILES string of the molecule is CCCCN(c1ccccc1)c1ncccc1N. The van der Waals surface area contributed by atoms with E-state index in [-0.39, 0.29) is 0 Å². The van der Waals surface area contributed by atoms with Crippen LogP contribution in [-0.2, 0) is 0 Å². The minimum absolute atomic E-state index is 0.720. The van der Waals surface area contributed by atoms with E-state index < -0.39 is 0 Å². The highest BCUT2D eigenvalue weighted by molar-refractivity contribution is 5.70. The number of hydrogen-bond donors (Lipinski definition) is 1. The van der Waals surface area contributed by atoms with Crippen molar-refractivity contribution >= 4 is 17.2 Å². The van der Waals surface area contributed by atoms with Crippen LogP contribution >= 0.6 is 0 Å². The number of rotatable bonds is 5. The molecule has 0 amide bonds. The second-order valence-corrected chi connectivity index (χ2v) is 4.26. The summed E-state index contributed by atoms with van der Waals surface area (Å²) in [7, 11) is 0. The molecule has 0 saturated heterocycles. The van der Waals surface area contributed by atoms with Gasteiger partial charge in [0.05, 0.1) is 5.69 Å². The molecule has 0 aliphatic carbocycles. The van der Waals surface area contributed by atoms with Crippen molar-refractivity contribution in [3.05, 3.63) is 48.7 Å². The van der Waals surface area contributed by atoms with Crippen LogP contribution in [0.2, 0.25) is 0 Å². The Labute approximate surface area is 108 Å². The number of para-hydroxylation sites is 1. The fraction of sp³-hybridized carbons (Fsp3) is 0.267. The summed E-state index contributed by atoms with van der Waals surface area (Å²) >= 11 is 0. The van der Waals surface area contributed by atoms with Crippen molar-refractivity contribution in [3.63, 3.8) is 0 Å². The fourth-order valence-electron chi connectivity index (χ4n) is 1.92. The summed E-state index contributed by atoms with van der Waals surface area (Å²) in [5.74, 6) is 0.845. The van der Waals surface area contributed by atoms with Crippen molar-refractivity contribution in [1.29, 1.82) is 0 Å². The third-order valence-corrected chi connectivity index (χ3v) is 2.88. The first-order valence-corrected chi connectivity index (χ1v) is 6.36. The Morgan fingerprint density at radius 2 is 1.89 bits per heavy atom. The highest BCUT2D eigenvalue weighted by Crippen LogP contribution is 2.28. The largest absolute Gasteiger partial charge is 0.396 e. The van der Waals surface area contributed by atoms with Gasteiger partial charge in [-0.15, -0.1) is 0 Å². The highest BCUT2D eigenvalue weighted by atomic mass is 15.2. The Balaban J connectivity index is 2.34. The quantitative estimate of drug-likeness (QED) is 0.869. The normalized spacial score (nSPS) is 10.3. The molecule has 0 unspecified atom stereocenters. The zero-order chi connectivity index (χ0) is 12.8. The minimum Gasteiger partial charge on any atom is -0.396 e. The minimum atomic E-state index is 0.720. The number of anilines is 3.